The predicted octanol–water partition coefficient (Wildman–Crippen LogP) is 2.32. The van der Waals surface area contributed by atoms with Gasteiger partial charge < -0.3 is 15.5 Å². The van der Waals surface area contributed by atoms with E-state index in [1.54, 1.807) is 0 Å². The average Bonchev–Trinajstić information content (AvgIpc) is 2.56. The summed E-state index contributed by atoms with van der Waals surface area (Å²) >= 11 is 0. The zero-order valence-corrected chi connectivity index (χ0v) is 15.5. The molecule has 2 aromatic rings. The van der Waals surface area contributed by atoms with Crippen molar-refractivity contribution in [2.24, 2.45) is 0 Å². The topological polar surface area (TPSA) is 70.2 Å². The summed E-state index contributed by atoms with van der Waals surface area (Å²) in [6, 6.07) is 10.2. The fourth-order valence-electron chi connectivity index (χ4n) is 2.45. The van der Waals surface area contributed by atoms with Gasteiger partial charge in [-0.3, -0.25) is 4.79 Å². The first-order valence-corrected chi connectivity index (χ1v) is 8.53. The Morgan fingerprint density at radius 2 is 1.92 bits per heavy atom. The van der Waals surface area contributed by atoms with Crippen LogP contribution in [0.3, 0.4) is 0 Å². The fraction of sp³-hybridized carbons (Fsp3) is 0.421. The van der Waals surface area contributed by atoms with Crippen LogP contribution in [-0.2, 0) is 11.2 Å². The molecule has 0 spiro atoms. The van der Waals surface area contributed by atoms with Crippen molar-refractivity contribution >= 4 is 17.7 Å². The van der Waals surface area contributed by atoms with E-state index in [4.69, 9.17) is 0 Å². The number of hydrogen-bond donors (Lipinski definition) is 2. The van der Waals surface area contributed by atoms with Crippen molar-refractivity contribution in [1.82, 2.24) is 15.3 Å². The van der Waals surface area contributed by atoms with Crippen LogP contribution in [0.5, 0.6) is 0 Å². The van der Waals surface area contributed by atoms with Crippen LogP contribution >= 0.6 is 0 Å². The fourth-order valence-corrected chi connectivity index (χ4v) is 2.45. The number of carbonyl (C=O) groups excluding carboxylic acids is 1. The third kappa shape index (κ3) is 6.41. The van der Waals surface area contributed by atoms with Crippen molar-refractivity contribution in [3.05, 3.63) is 47.2 Å². The lowest BCUT2D eigenvalue weighted by Crippen LogP contribution is -2.29. The number of hydrogen-bond acceptors (Lipinski definition) is 5. The molecule has 0 aliphatic carbocycles. The highest BCUT2D eigenvalue weighted by molar-refractivity contribution is 5.76. The largest absolute Gasteiger partial charge is 0.363 e. The molecule has 1 heterocycles. The third-order valence-electron chi connectivity index (χ3n) is 3.75. The molecule has 1 aromatic heterocycles. The molecule has 0 radical (unpaired) electrons. The monoisotopic (exact) mass is 341 g/mol. The Hall–Kier alpha value is -2.63. The van der Waals surface area contributed by atoms with Gasteiger partial charge in [-0.15, -0.1) is 0 Å². The summed E-state index contributed by atoms with van der Waals surface area (Å²) in [5, 5.41) is 6.08. The highest BCUT2D eigenvalue weighted by Crippen LogP contribution is 2.11. The molecule has 2 rings (SSSR count). The first kappa shape index (κ1) is 18.7. The van der Waals surface area contributed by atoms with E-state index in [9.17, 15) is 4.79 Å². The van der Waals surface area contributed by atoms with Gasteiger partial charge in [0.05, 0.1) is 0 Å². The molecule has 6 nitrogen and oxygen atoms in total. The molecule has 0 bridgehead atoms. The van der Waals surface area contributed by atoms with Crippen molar-refractivity contribution in [3.8, 4) is 0 Å². The number of amides is 1. The van der Waals surface area contributed by atoms with Gasteiger partial charge in [-0.2, -0.15) is 4.98 Å². The molecular weight excluding hydrogens is 314 g/mol. The number of nitrogens with zero attached hydrogens (tertiary/aromatic N) is 3. The van der Waals surface area contributed by atoms with Crippen LogP contribution in [0.15, 0.2) is 30.3 Å². The summed E-state index contributed by atoms with van der Waals surface area (Å²) in [7, 11) is 3.89. The molecular formula is C19H27N5O. The van der Waals surface area contributed by atoms with Crippen LogP contribution in [0.25, 0.3) is 0 Å². The maximum Gasteiger partial charge on any atom is 0.224 e. The number of aromatic nitrogens is 2. The Labute approximate surface area is 149 Å². The van der Waals surface area contributed by atoms with E-state index < -0.39 is 0 Å². The third-order valence-corrected chi connectivity index (χ3v) is 3.75. The second-order valence-electron chi connectivity index (χ2n) is 6.35. The zero-order chi connectivity index (χ0) is 18.2. The van der Waals surface area contributed by atoms with Gasteiger partial charge in [0.2, 0.25) is 11.9 Å². The van der Waals surface area contributed by atoms with Gasteiger partial charge in [0, 0.05) is 45.4 Å². The van der Waals surface area contributed by atoms with Crippen LogP contribution in [0.4, 0.5) is 11.8 Å². The van der Waals surface area contributed by atoms with Gasteiger partial charge in [-0.1, -0.05) is 29.8 Å². The highest BCUT2D eigenvalue weighted by atomic mass is 16.1. The molecule has 0 aliphatic rings. The standard InChI is InChI=1S/C19H27N5O/c1-14-6-5-7-16(12-14)8-9-18(25)20-10-11-21-19-22-15(2)13-17(23-19)24(3)4/h5-7,12-13H,8-11H2,1-4H3,(H,20,25)(H,21,22,23). The van der Waals surface area contributed by atoms with Crippen LogP contribution in [0, 0.1) is 13.8 Å². The number of benzene rings is 1. The molecule has 0 saturated carbocycles. The lowest BCUT2D eigenvalue weighted by Gasteiger charge is -2.14. The summed E-state index contributed by atoms with van der Waals surface area (Å²) in [5.74, 6) is 1.50. The van der Waals surface area contributed by atoms with Crippen LogP contribution in [0.1, 0.15) is 23.2 Å². The molecule has 6 heteroatoms. The number of nitrogens with one attached hydrogen (secondary N) is 2. The number of aryl methyl sites for hydroxylation is 3. The van der Waals surface area contributed by atoms with E-state index in [1.165, 1.54) is 11.1 Å². The van der Waals surface area contributed by atoms with E-state index in [1.807, 2.05) is 38.1 Å². The first-order valence-electron chi connectivity index (χ1n) is 8.53. The van der Waals surface area contributed by atoms with Crippen molar-refractivity contribution in [3.63, 3.8) is 0 Å². The smallest absolute Gasteiger partial charge is 0.224 e. The molecule has 1 amide bonds. The van der Waals surface area contributed by atoms with Gasteiger partial charge in [-0.25, -0.2) is 4.98 Å². The summed E-state index contributed by atoms with van der Waals surface area (Å²) in [4.78, 5) is 22.7. The van der Waals surface area contributed by atoms with E-state index in [-0.39, 0.29) is 5.91 Å². The highest BCUT2D eigenvalue weighted by Gasteiger charge is 2.05. The Morgan fingerprint density at radius 1 is 1.12 bits per heavy atom. The number of rotatable bonds is 8. The Balaban J connectivity index is 1.71. The molecule has 0 aliphatic heterocycles. The van der Waals surface area contributed by atoms with Crippen molar-refractivity contribution in [2.75, 3.05) is 37.4 Å². The van der Waals surface area contributed by atoms with E-state index in [2.05, 4.69) is 45.7 Å². The second kappa shape index (κ2) is 9.01. The number of carbonyl (C=O) groups is 1. The molecule has 0 saturated heterocycles. The molecule has 0 atom stereocenters. The zero-order valence-electron chi connectivity index (χ0n) is 15.5. The average molecular weight is 341 g/mol. The Morgan fingerprint density at radius 3 is 2.64 bits per heavy atom. The Bertz CT molecular complexity index is 715. The van der Waals surface area contributed by atoms with Gasteiger partial charge in [0.15, 0.2) is 0 Å². The first-order chi connectivity index (χ1) is 11.9. The summed E-state index contributed by atoms with van der Waals surface area (Å²) in [6.45, 7) is 5.13. The number of anilines is 2. The molecule has 0 fully saturated rings. The quantitative estimate of drug-likeness (QED) is 0.721. The van der Waals surface area contributed by atoms with Gasteiger partial charge in [-0.05, 0) is 25.8 Å². The van der Waals surface area contributed by atoms with Gasteiger partial charge in [0.1, 0.15) is 5.82 Å². The van der Waals surface area contributed by atoms with Crippen molar-refractivity contribution in [2.45, 2.75) is 26.7 Å². The normalized spacial score (nSPS) is 10.4. The van der Waals surface area contributed by atoms with E-state index >= 15 is 0 Å². The van der Waals surface area contributed by atoms with E-state index in [0.29, 0.717) is 25.5 Å². The van der Waals surface area contributed by atoms with Gasteiger partial charge in [0.25, 0.3) is 0 Å². The lowest BCUT2D eigenvalue weighted by atomic mass is 10.1. The minimum absolute atomic E-state index is 0.0578. The molecule has 2 N–H and O–H groups in total. The molecule has 134 valence electrons. The summed E-state index contributed by atoms with van der Waals surface area (Å²) < 4.78 is 0. The molecule has 1 aromatic carbocycles. The van der Waals surface area contributed by atoms with Gasteiger partial charge >= 0.3 is 0 Å². The lowest BCUT2D eigenvalue weighted by molar-refractivity contribution is -0.120. The van der Waals surface area contributed by atoms with Crippen LogP contribution < -0.4 is 15.5 Å². The minimum Gasteiger partial charge on any atom is -0.363 e. The maximum atomic E-state index is 11.9. The predicted molar refractivity (Wildman–Crippen MR) is 102 cm³/mol. The SMILES string of the molecule is Cc1cccc(CCC(=O)NCCNc2nc(C)cc(N(C)C)n2)c1. The van der Waals surface area contributed by atoms with Crippen molar-refractivity contribution in [1.29, 1.82) is 0 Å². The van der Waals surface area contributed by atoms with Crippen molar-refractivity contribution < 1.29 is 4.79 Å². The Kier molecular flexibility index (Phi) is 6.74. The minimum atomic E-state index is 0.0578. The molecule has 0 unspecified atom stereocenters. The van der Waals surface area contributed by atoms with E-state index in [0.717, 1.165) is 17.9 Å². The molecule has 25 heavy (non-hydrogen) atoms. The van der Waals surface area contributed by atoms with Crippen LogP contribution in [-0.4, -0.2) is 43.1 Å². The summed E-state index contributed by atoms with van der Waals surface area (Å²) in [5.41, 5.74) is 3.32. The second-order valence-corrected chi connectivity index (χ2v) is 6.35. The maximum absolute atomic E-state index is 11.9. The van der Waals surface area contributed by atoms with Crippen LogP contribution in [0.2, 0.25) is 0 Å². The summed E-state index contributed by atoms with van der Waals surface area (Å²) in [6.07, 6.45) is 1.25.